The molecule has 1 fully saturated rings. The lowest BCUT2D eigenvalue weighted by Gasteiger charge is -2.16. The van der Waals surface area contributed by atoms with Crippen molar-refractivity contribution in [2.75, 3.05) is 13.1 Å². The molecular weight excluding hydrogens is 240 g/mol. The highest BCUT2D eigenvalue weighted by molar-refractivity contribution is 5.94. The third-order valence-corrected chi connectivity index (χ3v) is 3.89. The largest absolute Gasteiger partial charge is 0.372 e. The summed E-state index contributed by atoms with van der Waals surface area (Å²) in [5.74, 6) is 0.0431. The Labute approximate surface area is 113 Å². The lowest BCUT2D eigenvalue weighted by molar-refractivity contribution is 0.0934. The van der Waals surface area contributed by atoms with Gasteiger partial charge in [-0.05, 0) is 55.6 Å². The maximum Gasteiger partial charge on any atom is 0.251 e. The van der Waals surface area contributed by atoms with Gasteiger partial charge in [-0.1, -0.05) is 6.07 Å². The number of ether oxygens (including phenoxy) is 1. The van der Waals surface area contributed by atoms with Gasteiger partial charge in [0.2, 0.25) is 0 Å². The zero-order valence-corrected chi connectivity index (χ0v) is 11.1. The van der Waals surface area contributed by atoms with E-state index in [9.17, 15) is 4.79 Å². The number of carbonyl (C=O) groups excluding carboxylic acids is 1. The smallest absolute Gasteiger partial charge is 0.251 e. The second-order valence-corrected chi connectivity index (χ2v) is 5.33. The fourth-order valence-corrected chi connectivity index (χ4v) is 2.75. The summed E-state index contributed by atoms with van der Waals surface area (Å²) >= 11 is 0. The number of nitrogens with one attached hydrogen (secondary N) is 2. The van der Waals surface area contributed by atoms with Gasteiger partial charge in [-0.3, -0.25) is 4.79 Å². The summed E-state index contributed by atoms with van der Waals surface area (Å²) in [4.78, 5) is 12.3. The van der Waals surface area contributed by atoms with Gasteiger partial charge in [0.15, 0.2) is 0 Å². The Morgan fingerprint density at radius 2 is 2.11 bits per heavy atom. The van der Waals surface area contributed by atoms with E-state index in [1.807, 2.05) is 18.2 Å². The molecule has 0 aromatic heterocycles. The second-order valence-electron chi connectivity index (χ2n) is 5.33. The lowest BCUT2D eigenvalue weighted by atomic mass is 10.0. The van der Waals surface area contributed by atoms with Crippen LogP contribution in [0.1, 0.15) is 40.7 Å². The van der Waals surface area contributed by atoms with Crippen LogP contribution in [0.4, 0.5) is 0 Å². The van der Waals surface area contributed by atoms with Crippen molar-refractivity contribution in [3.8, 4) is 0 Å². The molecule has 0 radical (unpaired) electrons. The molecule has 4 nitrogen and oxygen atoms in total. The minimum Gasteiger partial charge on any atom is -0.372 e. The van der Waals surface area contributed by atoms with Crippen LogP contribution >= 0.6 is 0 Å². The predicted octanol–water partition coefficient (Wildman–Crippen LogP) is 1.59. The molecule has 0 aliphatic carbocycles. The quantitative estimate of drug-likeness (QED) is 0.849. The van der Waals surface area contributed by atoms with Crippen LogP contribution < -0.4 is 10.6 Å². The molecule has 0 saturated carbocycles. The monoisotopic (exact) mass is 260 g/mol. The van der Waals surface area contributed by atoms with E-state index in [2.05, 4.69) is 10.6 Å². The maximum atomic E-state index is 12.3. The summed E-state index contributed by atoms with van der Waals surface area (Å²) in [6, 6.07) is 6.17. The molecule has 2 heterocycles. The molecule has 1 aromatic rings. The highest BCUT2D eigenvalue weighted by Gasteiger charge is 2.18. The summed E-state index contributed by atoms with van der Waals surface area (Å²) < 4.78 is 5.38. The van der Waals surface area contributed by atoms with E-state index >= 15 is 0 Å². The first-order valence-corrected chi connectivity index (χ1v) is 7.04. The van der Waals surface area contributed by atoms with Gasteiger partial charge in [0.25, 0.3) is 5.91 Å². The number of carbonyl (C=O) groups is 1. The summed E-state index contributed by atoms with van der Waals surface area (Å²) in [6.07, 6.45) is 3.20. The van der Waals surface area contributed by atoms with E-state index in [4.69, 9.17) is 4.74 Å². The van der Waals surface area contributed by atoms with E-state index < -0.39 is 0 Å². The van der Waals surface area contributed by atoms with Crippen LogP contribution in [0, 0.1) is 0 Å². The van der Waals surface area contributed by atoms with Gasteiger partial charge >= 0.3 is 0 Å². The average molecular weight is 260 g/mol. The topological polar surface area (TPSA) is 50.4 Å². The molecule has 3 rings (SSSR count). The number of benzene rings is 1. The van der Waals surface area contributed by atoms with E-state index in [1.54, 1.807) is 0 Å². The Bertz CT molecular complexity index is 465. The third-order valence-electron chi connectivity index (χ3n) is 3.89. The Hall–Kier alpha value is -1.39. The fourth-order valence-electron chi connectivity index (χ4n) is 2.75. The van der Waals surface area contributed by atoms with E-state index in [0.717, 1.165) is 43.5 Å². The second kappa shape index (κ2) is 5.72. The first kappa shape index (κ1) is 12.6. The van der Waals surface area contributed by atoms with Crippen molar-refractivity contribution in [1.29, 1.82) is 0 Å². The Balaban J connectivity index is 1.66. The van der Waals surface area contributed by atoms with Crippen molar-refractivity contribution in [1.82, 2.24) is 10.6 Å². The standard InChI is InChI=1S/C15H20N2O2/c18-15(17-14-2-1-6-16-7-5-14)11-3-4-12-9-19-10-13(12)8-11/h3-4,8,14,16H,1-2,5-7,9-10H2,(H,17,18). The molecule has 102 valence electrons. The van der Waals surface area contributed by atoms with Crippen molar-refractivity contribution >= 4 is 5.91 Å². The van der Waals surface area contributed by atoms with E-state index in [1.165, 1.54) is 5.56 Å². The molecular formula is C15H20N2O2. The minimum atomic E-state index is 0.0431. The van der Waals surface area contributed by atoms with Gasteiger partial charge in [-0.2, -0.15) is 0 Å². The maximum absolute atomic E-state index is 12.3. The van der Waals surface area contributed by atoms with Gasteiger partial charge in [-0.25, -0.2) is 0 Å². The molecule has 19 heavy (non-hydrogen) atoms. The number of hydrogen-bond acceptors (Lipinski definition) is 3. The predicted molar refractivity (Wildman–Crippen MR) is 72.9 cm³/mol. The Morgan fingerprint density at radius 1 is 1.21 bits per heavy atom. The van der Waals surface area contributed by atoms with Gasteiger partial charge in [0.1, 0.15) is 0 Å². The van der Waals surface area contributed by atoms with Crippen LogP contribution in [0.15, 0.2) is 18.2 Å². The molecule has 1 unspecified atom stereocenters. The number of amides is 1. The summed E-state index contributed by atoms with van der Waals surface area (Å²) in [5.41, 5.74) is 3.10. The molecule has 1 saturated heterocycles. The summed E-state index contributed by atoms with van der Waals surface area (Å²) in [6.45, 7) is 3.35. The van der Waals surface area contributed by atoms with Gasteiger partial charge in [-0.15, -0.1) is 0 Å². The third kappa shape index (κ3) is 2.96. The zero-order valence-electron chi connectivity index (χ0n) is 11.1. The van der Waals surface area contributed by atoms with Crippen molar-refractivity contribution in [3.05, 3.63) is 34.9 Å². The molecule has 1 atom stereocenters. The Morgan fingerprint density at radius 3 is 3.05 bits per heavy atom. The van der Waals surface area contributed by atoms with Gasteiger partial charge < -0.3 is 15.4 Å². The van der Waals surface area contributed by atoms with Crippen LogP contribution in [-0.2, 0) is 18.0 Å². The SMILES string of the molecule is O=C(NC1CCCNCC1)c1ccc2c(c1)COC2. The van der Waals surface area contributed by atoms with Crippen LogP contribution in [0.5, 0.6) is 0 Å². The van der Waals surface area contributed by atoms with Gasteiger partial charge in [0.05, 0.1) is 13.2 Å². The van der Waals surface area contributed by atoms with Crippen LogP contribution in [0.25, 0.3) is 0 Å². The number of fused-ring (bicyclic) bond motifs is 1. The minimum absolute atomic E-state index is 0.0431. The molecule has 1 amide bonds. The van der Waals surface area contributed by atoms with Crippen molar-refractivity contribution in [2.45, 2.75) is 38.5 Å². The molecule has 2 aliphatic heterocycles. The highest BCUT2D eigenvalue weighted by Crippen LogP contribution is 2.21. The molecule has 1 aromatic carbocycles. The Kier molecular flexibility index (Phi) is 3.80. The summed E-state index contributed by atoms with van der Waals surface area (Å²) in [7, 11) is 0. The van der Waals surface area contributed by atoms with Crippen molar-refractivity contribution in [3.63, 3.8) is 0 Å². The zero-order chi connectivity index (χ0) is 13.1. The van der Waals surface area contributed by atoms with E-state index in [0.29, 0.717) is 19.3 Å². The number of hydrogen-bond donors (Lipinski definition) is 2. The normalized spacial score (nSPS) is 22.6. The average Bonchev–Trinajstić information content (AvgIpc) is 2.75. The molecule has 2 aliphatic rings. The number of rotatable bonds is 2. The molecule has 0 spiro atoms. The first-order valence-electron chi connectivity index (χ1n) is 7.04. The van der Waals surface area contributed by atoms with Crippen LogP contribution in [0.3, 0.4) is 0 Å². The highest BCUT2D eigenvalue weighted by atomic mass is 16.5. The summed E-state index contributed by atoms with van der Waals surface area (Å²) in [5, 5.41) is 6.50. The lowest BCUT2D eigenvalue weighted by Crippen LogP contribution is -2.35. The van der Waals surface area contributed by atoms with Crippen molar-refractivity contribution in [2.24, 2.45) is 0 Å². The van der Waals surface area contributed by atoms with Crippen molar-refractivity contribution < 1.29 is 9.53 Å². The molecule has 2 N–H and O–H groups in total. The van der Waals surface area contributed by atoms with Gasteiger partial charge in [0, 0.05) is 11.6 Å². The molecule has 0 bridgehead atoms. The first-order chi connectivity index (χ1) is 9.33. The van der Waals surface area contributed by atoms with E-state index in [-0.39, 0.29) is 5.91 Å². The fraction of sp³-hybridized carbons (Fsp3) is 0.533. The van der Waals surface area contributed by atoms with Crippen LogP contribution in [0.2, 0.25) is 0 Å². The van der Waals surface area contributed by atoms with Crippen LogP contribution in [-0.4, -0.2) is 25.0 Å². The molecule has 4 heteroatoms.